The summed E-state index contributed by atoms with van der Waals surface area (Å²) in [6, 6.07) is 6.58. The van der Waals surface area contributed by atoms with Crippen LogP contribution in [0.1, 0.15) is 38.7 Å². The van der Waals surface area contributed by atoms with Gasteiger partial charge < -0.3 is 15.4 Å². The lowest BCUT2D eigenvalue weighted by Gasteiger charge is -2.09. The summed E-state index contributed by atoms with van der Waals surface area (Å²) in [7, 11) is 0. The zero-order chi connectivity index (χ0) is 31.9. The maximum atomic E-state index is 14.6. The molecule has 1 unspecified atom stereocenters. The highest BCUT2D eigenvalue weighted by molar-refractivity contribution is 7.15. The van der Waals surface area contributed by atoms with Crippen molar-refractivity contribution in [3.05, 3.63) is 76.3 Å². The van der Waals surface area contributed by atoms with E-state index in [1.54, 1.807) is 0 Å². The summed E-state index contributed by atoms with van der Waals surface area (Å²) in [6.45, 7) is -0.551. The molecule has 44 heavy (non-hydrogen) atoms. The van der Waals surface area contributed by atoms with Gasteiger partial charge in [-0.15, -0.1) is 28.5 Å². The van der Waals surface area contributed by atoms with Gasteiger partial charge in [-0.2, -0.15) is 13.2 Å². The zero-order valence-corrected chi connectivity index (χ0v) is 23.0. The van der Waals surface area contributed by atoms with Gasteiger partial charge in [-0.05, 0) is 36.2 Å². The number of carbonyl (C=O) groups excluding carboxylic acids is 2. The monoisotopic (exact) mass is 646 g/mol. The topological polar surface area (TPSA) is 137 Å². The van der Waals surface area contributed by atoms with E-state index in [2.05, 4.69) is 40.9 Å². The van der Waals surface area contributed by atoms with Crippen LogP contribution in [0.4, 0.5) is 35.9 Å². The number of halogens is 7. The van der Waals surface area contributed by atoms with E-state index < -0.39 is 41.8 Å². The van der Waals surface area contributed by atoms with Crippen LogP contribution in [0.15, 0.2) is 48.8 Å². The van der Waals surface area contributed by atoms with Gasteiger partial charge in [-0.1, -0.05) is 28.7 Å². The molecule has 2 amide bonds. The molecule has 19 heteroatoms. The molecule has 1 aromatic carbocycles. The lowest BCUT2D eigenvalue weighted by molar-refractivity contribution is -0.274. The first-order valence-corrected chi connectivity index (χ1v) is 13.4. The summed E-state index contributed by atoms with van der Waals surface area (Å²) < 4.78 is 95.2. The number of alkyl halides is 7. The number of pyridine rings is 1. The van der Waals surface area contributed by atoms with Crippen molar-refractivity contribution >= 4 is 28.3 Å². The Morgan fingerprint density at radius 3 is 2.59 bits per heavy atom. The van der Waals surface area contributed by atoms with E-state index in [-0.39, 0.29) is 54.4 Å². The Hall–Kier alpha value is -4.68. The smallest absolute Gasteiger partial charge is 0.406 e. The van der Waals surface area contributed by atoms with E-state index in [9.17, 15) is 40.3 Å². The molecule has 0 aliphatic rings. The summed E-state index contributed by atoms with van der Waals surface area (Å²) in [4.78, 5) is 28.4. The van der Waals surface area contributed by atoms with Crippen molar-refractivity contribution in [2.75, 3.05) is 5.32 Å². The number of nitrogens with one attached hydrogen (secondary N) is 2. The first-order valence-electron chi connectivity index (χ1n) is 12.5. The molecular formula is C25H21F7N8O3S. The third kappa shape index (κ3) is 9.96. The second-order valence-corrected chi connectivity index (χ2v) is 10.2. The minimum atomic E-state index is -4.86. The van der Waals surface area contributed by atoms with Crippen LogP contribution >= 0.6 is 11.3 Å². The molecule has 4 rings (SSSR count). The maximum absolute atomic E-state index is 14.6. The van der Waals surface area contributed by atoms with Crippen molar-refractivity contribution in [2.24, 2.45) is 0 Å². The predicted octanol–water partition coefficient (Wildman–Crippen LogP) is 4.52. The van der Waals surface area contributed by atoms with Crippen molar-refractivity contribution in [1.82, 2.24) is 35.5 Å². The number of nitrogens with zero attached hydrogens (tertiary/aromatic N) is 6. The predicted molar refractivity (Wildman–Crippen MR) is 139 cm³/mol. The molecule has 11 nitrogen and oxygen atoms in total. The van der Waals surface area contributed by atoms with Crippen molar-refractivity contribution in [1.29, 1.82) is 0 Å². The largest absolute Gasteiger partial charge is 0.573 e. The van der Waals surface area contributed by atoms with E-state index in [1.807, 2.05) is 0 Å². The van der Waals surface area contributed by atoms with Gasteiger partial charge in [0.25, 0.3) is 5.91 Å². The molecule has 0 saturated carbocycles. The minimum absolute atomic E-state index is 0.0167. The summed E-state index contributed by atoms with van der Waals surface area (Å²) in [5.74, 6) is -1.76. The number of rotatable bonds is 12. The molecule has 0 bridgehead atoms. The van der Waals surface area contributed by atoms with Gasteiger partial charge in [0.1, 0.15) is 16.9 Å². The first-order chi connectivity index (χ1) is 20.7. The number of aryl methyl sites for hydroxylation is 1. The van der Waals surface area contributed by atoms with Gasteiger partial charge in [-0.3, -0.25) is 14.6 Å². The van der Waals surface area contributed by atoms with Gasteiger partial charge in [-0.25, -0.2) is 9.07 Å². The quantitative estimate of drug-likeness (QED) is 0.215. The third-order valence-electron chi connectivity index (χ3n) is 5.61. The van der Waals surface area contributed by atoms with Gasteiger partial charge in [0, 0.05) is 12.6 Å². The SMILES string of the molecule is O=C(Cc1cccc(OC(F)(F)F)c1)Nc1nnc(CCC(F)Cn2cc(C(=O)NCc3cc(C(F)(F)F)ccn3)nn2)s1. The number of carbonyl (C=O) groups is 2. The number of ether oxygens (including phenoxy) is 1. The Morgan fingerprint density at radius 1 is 1.05 bits per heavy atom. The van der Waals surface area contributed by atoms with Crippen LogP contribution in [0.3, 0.4) is 0 Å². The van der Waals surface area contributed by atoms with Gasteiger partial charge >= 0.3 is 12.5 Å². The van der Waals surface area contributed by atoms with Crippen molar-refractivity contribution in [3.8, 4) is 5.75 Å². The molecule has 0 spiro atoms. The Balaban J connectivity index is 1.20. The molecule has 234 valence electrons. The number of hydrogen-bond acceptors (Lipinski definition) is 9. The molecule has 0 aliphatic heterocycles. The molecule has 0 radical (unpaired) electrons. The van der Waals surface area contributed by atoms with Gasteiger partial charge in [0.2, 0.25) is 11.0 Å². The molecule has 2 N–H and O–H groups in total. The molecule has 0 saturated heterocycles. The highest BCUT2D eigenvalue weighted by Gasteiger charge is 2.31. The van der Waals surface area contributed by atoms with Gasteiger partial charge in [0.15, 0.2) is 5.69 Å². The van der Waals surface area contributed by atoms with Crippen LogP contribution in [-0.2, 0) is 36.9 Å². The Bertz CT molecular complexity index is 1590. The fraction of sp³-hybridized carbons (Fsp3) is 0.320. The summed E-state index contributed by atoms with van der Waals surface area (Å²) in [5, 5.41) is 20.4. The molecule has 3 heterocycles. The highest BCUT2D eigenvalue weighted by atomic mass is 32.1. The lowest BCUT2D eigenvalue weighted by Crippen LogP contribution is -2.24. The Morgan fingerprint density at radius 2 is 1.84 bits per heavy atom. The van der Waals surface area contributed by atoms with Crippen LogP contribution < -0.4 is 15.4 Å². The number of amides is 2. The van der Waals surface area contributed by atoms with Crippen molar-refractivity contribution in [3.63, 3.8) is 0 Å². The number of benzene rings is 1. The Kier molecular flexibility index (Phi) is 10.1. The maximum Gasteiger partial charge on any atom is 0.573 e. The number of anilines is 1. The minimum Gasteiger partial charge on any atom is -0.406 e. The zero-order valence-electron chi connectivity index (χ0n) is 22.2. The van der Waals surface area contributed by atoms with Crippen LogP contribution in [0.5, 0.6) is 5.75 Å². The van der Waals surface area contributed by atoms with E-state index in [0.29, 0.717) is 5.01 Å². The lowest BCUT2D eigenvalue weighted by atomic mass is 10.1. The molecule has 3 aromatic heterocycles. The molecule has 4 aromatic rings. The van der Waals surface area contributed by atoms with Crippen LogP contribution in [-0.4, -0.2) is 54.5 Å². The second kappa shape index (κ2) is 13.7. The first kappa shape index (κ1) is 32.2. The molecule has 1 atom stereocenters. The third-order valence-corrected chi connectivity index (χ3v) is 6.51. The van der Waals surface area contributed by atoms with E-state index in [1.165, 1.54) is 18.3 Å². The summed E-state index contributed by atoms with van der Waals surface area (Å²) in [5.41, 5.74) is -0.827. The molecule has 0 aliphatic carbocycles. The summed E-state index contributed by atoms with van der Waals surface area (Å²) >= 11 is 0.995. The van der Waals surface area contributed by atoms with Crippen molar-refractivity contribution in [2.45, 2.75) is 51.1 Å². The van der Waals surface area contributed by atoms with Gasteiger partial charge in [0.05, 0.1) is 37.0 Å². The highest BCUT2D eigenvalue weighted by Crippen LogP contribution is 2.29. The van der Waals surface area contributed by atoms with Crippen LogP contribution in [0, 0.1) is 0 Å². The molecular weight excluding hydrogens is 625 g/mol. The number of hydrogen-bond donors (Lipinski definition) is 2. The fourth-order valence-electron chi connectivity index (χ4n) is 3.69. The van der Waals surface area contributed by atoms with Crippen LogP contribution in [0.25, 0.3) is 0 Å². The normalized spacial score (nSPS) is 12.5. The average Bonchev–Trinajstić information content (AvgIpc) is 3.59. The Labute approximate surface area is 247 Å². The average molecular weight is 647 g/mol. The van der Waals surface area contributed by atoms with E-state index in [4.69, 9.17) is 0 Å². The second-order valence-electron chi connectivity index (χ2n) is 9.10. The number of aromatic nitrogens is 6. The fourth-order valence-corrected chi connectivity index (χ4v) is 4.46. The molecule has 0 fully saturated rings. The van der Waals surface area contributed by atoms with Crippen LogP contribution in [0.2, 0.25) is 0 Å². The van der Waals surface area contributed by atoms with E-state index in [0.717, 1.165) is 46.5 Å². The summed E-state index contributed by atoms with van der Waals surface area (Å²) in [6.07, 6.45) is -8.81. The van der Waals surface area contributed by atoms with E-state index >= 15 is 0 Å². The van der Waals surface area contributed by atoms with Crippen molar-refractivity contribution < 1.29 is 45.1 Å². The standard InChI is InChI=1S/C25H21F7N8O3S/c26-16(12-40-13-19(36-39-40)22(42)34-11-17-10-15(6-7-33-17)24(27,28)29)4-5-21-37-38-23(44-21)35-20(41)9-14-2-1-3-18(8-14)43-25(30,31)32/h1-3,6-8,10,13,16H,4-5,9,11-12H2,(H,34,42)(H,35,38,41).